The summed E-state index contributed by atoms with van der Waals surface area (Å²) < 4.78 is 37.2. The van der Waals surface area contributed by atoms with Crippen LogP contribution in [0.1, 0.15) is 24.1 Å². The third-order valence-corrected chi connectivity index (χ3v) is 2.00. The van der Waals surface area contributed by atoms with Crippen molar-refractivity contribution in [3.8, 4) is 0 Å². The van der Waals surface area contributed by atoms with Crippen molar-refractivity contribution >= 4 is 18.1 Å². The van der Waals surface area contributed by atoms with Crippen molar-refractivity contribution in [2.45, 2.75) is 19.1 Å². The van der Waals surface area contributed by atoms with E-state index in [1.165, 1.54) is 6.92 Å². The summed E-state index contributed by atoms with van der Waals surface area (Å²) in [4.78, 5) is 9.58. The molecule has 0 radical (unpaired) electrons. The Morgan fingerprint density at radius 1 is 1.35 bits per heavy atom. The summed E-state index contributed by atoms with van der Waals surface area (Å²) in [5, 5.41) is 10.5. The van der Waals surface area contributed by atoms with Gasteiger partial charge in [0.15, 0.2) is 0 Å². The molecule has 1 aromatic carbocycles. The third kappa shape index (κ3) is 3.86. The summed E-state index contributed by atoms with van der Waals surface area (Å²) in [6, 6.07) is 1.66. The molecule has 0 aliphatic rings. The molecular formula is C9H10ClF3N2O2. The zero-order valence-electron chi connectivity index (χ0n) is 8.69. The summed E-state index contributed by atoms with van der Waals surface area (Å²) in [6.07, 6.45) is -4.62. The van der Waals surface area contributed by atoms with Crippen LogP contribution >= 0.6 is 12.4 Å². The minimum atomic E-state index is -4.62. The van der Waals surface area contributed by atoms with Gasteiger partial charge in [-0.15, -0.1) is 12.4 Å². The van der Waals surface area contributed by atoms with Crippen molar-refractivity contribution < 1.29 is 18.1 Å². The highest BCUT2D eigenvalue weighted by atomic mass is 35.5. The molecule has 1 unspecified atom stereocenters. The average Bonchev–Trinajstić information content (AvgIpc) is 2.15. The largest absolute Gasteiger partial charge is 0.416 e. The van der Waals surface area contributed by atoms with E-state index in [-0.39, 0.29) is 18.0 Å². The first-order valence-corrected chi connectivity index (χ1v) is 4.34. The third-order valence-electron chi connectivity index (χ3n) is 2.00. The van der Waals surface area contributed by atoms with Crippen molar-refractivity contribution in [3.63, 3.8) is 0 Å². The van der Waals surface area contributed by atoms with Crippen LogP contribution in [0.5, 0.6) is 0 Å². The van der Waals surface area contributed by atoms with Crippen LogP contribution in [0.15, 0.2) is 18.2 Å². The maximum atomic E-state index is 12.4. The minimum Gasteiger partial charge on any atom is -0.324 e. The fourth-order valence-corrected chi connectivity index (χ4v) is 1.17. The monoisotopic (exact) mass is 270 g/mol. The highest BCUT2D eigenvalue weighted by Crippen LogP contribution is 2.33. The highest BCUT2D eigenvalue weighted by Gasteiger charge is 2.32. The molecule has 1 atom stereocenters. The molecule has 0 aliphatic heterocycles. The molecule has 0 aromatic heterocycles. The Labute approximate surface area is 101 Å². The van der Waals surface area contributed by atoms with Crippen LogP contribution < -0.4 is 5.73 Å². The number of halogens is 4. The standard InChI is InChI=1S/C9H9F3N2O2.ClH/c1-5(13)6-2-7(9(10,11)12)4-8(3-6)14(15)16;/h2-5H,13H2,1H3;1H. The Balaban J connectivity index is 0.00000256. The molecule has 2 N–H and O–H groups in total. The SMILES string of the molecule is CC(N)c1cc([N+](=O)[O-])cc(C(F)(F)F)c1.Cl. The van der Waals surface area contributed by atoms with E-state index in [1.54, 1.807) is 0 Å². The van der Waals surface area contributed by atoms with Crippen molar-refractivity contribution in [1.29, 1.82) is 0 Å². The molecule has 0 heterocycles. The first-order valence-electron chi connectivity index (χ1n) is 4.34. The summed E-state index contributed by atoms with van der Waals surface area (Å²) in [6.45, 7) is 1.46. The fourth-order valence-electron chi connectivity index (χ4n) is 1.17. The van der Waals surface area contributed by atoms with E-state index in [0.717, 1.165) is 12.1 Å². The first kappa shape index (κ1) is 15.7. The Morgan fingerprint density at radius 3 is 2.24 bits per heavy atom. The Morgan fingerprint density at radius 2 is 1.88 bits per heavy atom. The van der Waals surface area contributed by atoms with Gasteiger partial charge in [0.2, 0.25) is 0 Å². The number of alkyl halides is 3. The molecular weight excluding hydrogens is 261 g/mol. The quantitative estimate of drug-likeness (QED) is 0.663. The average molecular weight is 271 g/mol. The highest BCUT2D eigenvalue weighted by molar-refractivity contribution is 5.85. The first-order chi connectivity index (χ1) is 7.21. The van der Waals surface area contributed by atoms with Crippen LogP contribution in [0.3, 0.4) is 0 Å². The van der Waals surface area contributed by atoms with Gasteiger partial charge in [-0.3, -0.25) is 10.1 Å². The second kappa shape index (κ2) is 5.33. The number of nitrogens with zero attached hydrogens (tertiary/aromatic N) is 1. The van der Waals surface area contributed by atoms with E-state index in [0.29, 0.717) is 6.07 Å². The van der Waals surface area contributed by atoms with Gasteiger partial charge in [0.05, 0.1) is 10.5 Å². The Bertz CT molecular complexity index is 421. The van der Waals surface area contributed by atoms with Gasteiger partial charge in [-0.05, 0) is 18.6 Å². The van der Waals surface area contributed by atoms with Crippen molar-refractivity contribution in [2.75, 3.05) is 0 Å². The molecule has 0 bridgehead atoms. The molecule has 0 amide bonds. The number of hydrogen-bond donors (Lipinski definition) is 1. The summed E-state index contributed by atoms with van der Waals surface area (Å²) >= 11 is 0. The molecule has 4 nitrogen and oxygen atoms in total. The summed E-state index contributed by atoms with van der Waals surface area (Å²) in [5.41, 5.74) is 3.82. The Kier molecular flexibility index (Phi) is 4.91. The van der Waals surface area contributed by atoms with Crippen LogP contribution in [0.4, 0.5) is 18.9 Å². The van der Waals surface area contributed by atoms with Crippen molar-refractivity contribution in [3.05, 3.63) is 39.4 Å². The Hall–Kier alpha value is -1.34. The van der Waals surface area contributed by atoms with Gasteiger partial charge >= 0.3 is 6.18 Å². The van der Waals surface area contributed by atoms with Crippen LogP contribution in [0.2, 0.25) is 0 Å². The minimum absolute atomic E-state index is 0. The number of nitrogens with two attached hydrogens (primary N) is 1. The van der Waals surface area contributed by atoms with Gasteiger partial charge in [-0.25, -0.2) is 0 Å². The maximum absolute atomic E-state index is 12.4. The number of nitro benzene ring substituents is 1. The van der Waals surface area contributed by atoms with Crippen molar-refractivity contribution in [2.24, 2.45) is 5.73 Å². The lowest BCUT2D eigenvalue weighted by molar-refractivity contribution is -0.385. The van der Waals surface area contributed by atoms with Gasteiger partial charge < -0.3 is 5.73 Å². The van der Waals surface area contributed by atoms with E-state index >= 15 is 0 Å². The van der Waals surface area contributed by atoms with Gasteiger partial charge in [0, 0.05) is 18.2 Å². The zero-order chi connectivity index (χ0) is 12.5. The maximum Gasteiger partial charge on any atom is 0.416 e. The predicted molar refractivity (Wildman–Crippen MR) is 57.9 cm³/mol. The normalized spacial score (nSPS) is 12.8. The second-order valence-electron chi connectivity index (χ2n) is 3.36. The molecule has 0 saturated heterocycles. The molecule has 0 fully saturated rings. The number of rotatable bonds is 2. The summed E-state index contributed by atoms with van der Waals surface area (Å²) in [5.74, 6) is 0. The number of benzene rings is 1. The van der Waals surface area contributed by atoms with Gasteiger partial charge in [-0.1, -0.05) is 0 Å². The van der Waals surface area contributed by atoms with Gasteiger partial charge in [0.1, 0.15) is 0 Å². The van der Waals surface area contributed by atoms with Crippen LogP contribution in [-0.4, -0.2) is 4.92 Å². The van der Waals surface area contributed by atoms with E-state index in [1.807, 2.05) is 0 Å². The lowest BCUT2D eigenvalue weighted by atomic mass is 10.0. The zero-order valence-corrected chi connectivity index (χ0v) is 9.51. The molecule has 17 heavy (non-hydrogen) atoms. The molecule has 8 heteroatoms. The van der Waals surface area contributed by atoms with Crippen LogP contribution in [0.25, 0.3) is 0 Å². The number of non-ortho nitro benzene ring substituents is 1. The predicted octanol–water partition coefficient (Wildman–Crippen LogP) is 3.06. The fraction of sp³-hybridized carbons (Fsp3) is 0.333. The van der Waals surface area contributed by atoms with Crippen molar-refractivity contribution in [1.82, 2.24) is 0 Å². The topological polar surface area (TPSA) is 69.2 Å². The number of nitro groups is 1. The summed E-state index contributed by atoms with van der Waals surface area (Å²) in [7, 11) is 0. The van der Waals surface area contributed by atoms with Crippen LogP contribution in [0, 0.1) is 10.1 Å². The lowest BCUT2D eigenvalue weighted by Gasteiger charge is -2.10. The molecule has 0 aliphatic carbocycles. The van der Waals surface area contributed by atoms with E-state index in [9.17, 15) is 23.3 Å². The van der Waals surface area contributed by atoms with Gasteiger partial charge in [-0.2, -0.15) is 13.2 Å². The van der Waals surface area contributed by atoms with Crippen LogP contribution in [-0.2, 0) is 6.18 Å². The van der Waals surface area contributed by atoms with E-state index < -0.39 is 28.4 Å². The van der Waals surface area contributed by atoms with E-state index in [2.05, 4.69) is 0 Å². The smallest absolute Gasteiger partial charge is 0.324 e. The molecule has 0 saturated carbocycles. The molecule has 1 rings (SSSR count). The second-order valence-corrected chi connectivity index (χ2v) is 3.36. The van der Waals surface area contributed by atoms with Gasteiger partial charge in [0.25, 0.3) is 5.69 Å². The number of hydrogen-bond acceptors (Lipinski definition) is 3. The lowest BCUT2D eigenvalue weighted by Crippen LogP contribution is -2.10. The molecule has 96 valence electrons. The molecule has 1 aromatic rings. The molecule has 0 spiro atoms. The van der Waals surface area contributed by atoms with E-state index in [4.69, 9.17) is 5.73 Å².